The van der Waals surface area contributed by atoms with Gasteiger partial charge in [0.1, 0.15) is 23.0 Å². The Morgan fingerprint density at radius 1 is 0.766 bits per heavy atom. The third-order valence-corrected chi connectivity index (χ3v) is 15.3. The van der Waals surface area contributed by atoms with Crippen LogP contribution in [0.5, 0.6) is 5.75 Å². The summed E-state index contributed by atoms with van der Waals surface area (Å²) < 4.78 is 38.6. The maximum absolute atomic E-state index is 16.3. The van der Waals surface area contributed by atoms with Crippen LogP contribution in [0, 0.1) is 5.82 Å². The van der Waals surface area contributed by atoms with Crippen LogP contribution >= 0.6 is 23.2 Å². The van der Waals surface area contributed by atoms with Crippen molar-refractivity contribution in [3.8, 4) is 5.75 Å². The Morgan fingerprint density at radius 3 is 2.17 bits per heavy atom. The van der Waals surface area contributed by atoms with Crippen molar-refractivity contribution in [3.05, 3.63) is 123 Å². The molecule has 4 heterocycles. The van der Waals surface area contributed by atoms with Crippen molar-refractivity contribution in [2.45, 2.75) is 86.7 Å². The van der Waals surface area contributed by atoms with E-state index in [2.05, 4.69) is 31.9 Å². The number of piperidine rings is 1. The summed E-state index contributed by atoms with van der Waals surface area (Å²) in [5.41, 5.74) is -0.128. The molecule has 77 heavy (non-hydrogen) atoms. The SMILES string of the molecule is O=C(COc1cccc2c1C(=O)N(C1CCC(=O)NC1=O)C2=O)NCCCOCCOCCOCCCNC(=O)c1ccc(NC(=O)[C@@H]2NC3(CCCCC3)C3(C(=O)Nc4cc(Cl)ccc43)[C@H]2c2cccc(Cl)c2F)cc1. The molecule has 4 aromatic rings. The number of amides is 8. The van der Waals surface area contributed by atoms with Gasteiger partial charge in [0, 0.05) is 66.1 Å². The number of nitrogens with zero attached hydrogens (tertiary/aromatic N) is 1. The number of carbonyl (C=O) groups excluding carboxylic acids is 8. The molecule has 2 unspecified atom stereocenters. The lowest BCUT2D eigenvalue weighted by atomic mass is 9.55. The Kier molecular flexibility index (Phi) is 17.3. The monoisotopic (exact) mass is 1100 g/mol. The zero-order valence-electron chi connectivity index (χ0n) is 41.9. The number of imide groups is 2. The number of hydrogen-bond donors (Lipinski definition) is 6. The van der Waals surface area contributed by atoms with Gasteiger partial charge in [-0.15, -0.1) is 0 Å². The number of halogens is 3. The van der Waals surface area contributed by atoms with Gasteiger partial charge in [0.25, 0.3) is 23.6 Å². The molecule has 0 radical (unpaired) electrons. The normalized spacial score (nSPS) is 21.2. The molecule has 4 atom stereocenters. The van der Waals surface area contributed by atoms with Crippen molar-refractivity contribution in [1.82, 2.24) is 26.2 Å². The summed E-state index contributed by atoms with van der Waals surface area (Å²) in [6.07, 6.45) is 4.82. The molecule has 19 nitrogen and oxygen atoms in total. The van der Waals surface area contributed by atoms with Crippen LogP contribution in [0.15, 0.2) is 78.9 Å². The first-order valence-corrected chi connectivity index (χ1v) is 26.5. The molecule has 2 spiro atoms. The third kappa shape index (κ3) is 11.3. The van der Waals surface area contributed by atoms with Crippen LogP contribution in [-0.2, 0) is 43.6 Å². The predicted octanol–water partition coefficient (Wildman–Crippen LogP) is 5.58. The first-order valence-electron chi connectivity index (χ1n) is 25.7. The maximum atomic E-state index is 16.3. The molecule has 406 valence electrons. The molecule has 2 saturated heterocycles. The van der Waals surface area contributed by atoms with Gasteiger partial charge in [0.05, 0.1) is 48.6 Å². The average Bonchev–Trinajstić information content (AvgIpc) is 4.21. The van der Waals surface area contributed by atoms with Crippen molar-refractivity contribution in [1.29, 1.82) is 0 Å². The number of rotatable bonds is 22. The summed E-state index contributed by atoms with van der Waals surface area (Å²) in [4.78, 5) is 106. The van der Waals surface area contributed by atoms with E-state index in [4.69, 9.17) is 42.1 Å². The van der Waals surface area contributed by atoms with E-state index in [1.54, 1.807) is 54.6 Å². The Hall–Kier alpha value is -6.81. The van der Waals surface area contributed by atoms with Gasteiger partial charge >= 0.3 is 0 Å². The van der Waals surface area contributed by atoms with Gasteiger partial charge in [-0.25, -0.2) is 4.39 Å². The van der Waals surface area contributed by atoms with Crippen LogP contribution < -0.4 is 36.6 Å². The van der Waals surface area contributed by atoms with E-state index in [0.29, 0.717) is 106 Å². The van der Waals surface area contributed by atoms with E-state index in [9.17, 15) is 38.4 Å². The zero-order chi connectivity index (χ0) is 54.3. The van der Waals surface area contributed by atoms with Crippen LogP contribution in [0.25, 0.3) is 0 Å². The molecule has 22 heteroatoms. The van der Waals surface area contributed by atoms with Crippen molar-refractivity contribution >= 4 is 81.8 Å². The Morgan fingerprint density at radius 2 is 1.45 bits per heavy atom. The van der Waals surface area contributed by atoms with Crippen LogP contribution in [0.3, 0.4) is 0 Å². The molecule has 4 aromatic carbocycles. The molecular weight excluding hydrogens is 1040 g/mol. The van der Waals surface area contributed by atoms with Gasteiger partial charge in [-0.3, -0.25) is 53.9 Å². The molecule has 6 N–H and O–H groups in total. The number of ether oxygens (including phenoxy) is 4. The van der Waals surface area contributed by atoms with Gasteiger partial charge in [0.2, 0.25) is 23.6 Å². The van der Waals surface area contributed by atoms with E-state index in [0.717, 1.165) is 24.2 Å². The minimum absolute atomic E-state index is 0.00530. The summed E-state index contributed by atoms with van der Waals surface area (Å²) >= 11 is 12.8. The van der Waals surface area contributed by atoms with Crippen LogP contribution in [-0.4, -0.2) is 129 Å². The number of nitrogens with one attached hydrogen (secondary N) is 6. The molecule has 1 aliphatic carbocycles. The highest BCUT2D eigenvalue weighted by Crippen LogP contribution is 2.63. The van der Waals surface area contributed by atoms with E-state index in [-0.39, 0.29) is 52.1 Å². The molecule has 0 aromatic heterocycles. The quantitative estimate of drug-likeness (QED) is 0.0417. The second-order valence-electron chi connectivity index (χ2n) is 19.5. The summed E-state index contributed by atoms with van der Waals surface area (Å²) in [6, 6.07) is 18.5. The minimum Gasteiger partial charge on any atom is -0.483 e. The molecule has 9 rings (SSSR count). The van der Waals surface area contributed by atoms with E-state index < -0.39 is 76.8 Å². The number of carbonyl (C=O) groups is 8. The van der Waals surface area contributed by atoms with E-state index in [1.165, 1.54) is 24.3 Å². The molecule has 4 aliphatic heterocycles. The molecule has 1 saturated carbocycles. The van der Waals surface area contributed by atoms with Crippen molar-refractivity contribution in [2.24, 2.45) is 0 Å². The van der Waals surface area contributed by atoms with Crippen LogP contribution in [0.1, 0.15) is 106 Å². The van der Waals surface area contributed by atoms with Crippen molar-refractivity contribution < 1.29 is 61.7 Å². The number of fused-ring (bicyclic) bond motifs is 4. The average molecular weight is 1100 g/mol. The van der Waals surface area contributed by atoms with Gasteiger partial charge < -0.3 is 40.2 Å². The first kappa shape index (κ1) is 55.0. The van der Waals surface area contributed by atoms with Gasteiger partial charge in [0.15, 0.2) is 6.61 Å². The lowest BCUT2D eigenvalue weighted by molar-refractivity contribution is -0.136. The Balaban J connectivity index is 0.646. The molecule has 0 bridgehead atoms. The molecule has 3 fully saturated rings. The zero-order valence-corrected chi connectivity index (χ0v) is 43.5. The number of benzene rings is 4. The Bertz CT molecular complexity index is 2960. The summed E-state index contributed by atoms with van der Waals surface area (Å²) in [7, 11) is 0. The van der Waals surface area contributed by atoms with E-state index >= 15 is 4.39 Å². The lowest BCUT2D eigenvalue weighted by Gasteiger charge is -2.47. The third-order valence-electron chi connectivity index (χ3n) is 14.8. The topological polar surface area (TPSA) is 249 Å². The Labute approximate surface area is 452 Å². The molecule has 8 amide bonds. The van der Waals surface area contributed by atoms with E-state index in [1.807, 2.05) is 0 Å². The fraction of sp³-hybridized carbons (Fsp3) is 0.418. The van der Waals surface area contributed by atoms with Gasteiger partial charge in [-0.2, -0.15) is 0 Å². The van der Waals surface area contributed by atoms with Crippen LogP contribution in [0.2, 0.25) is 10.0 Å². The number of anilines is 2. The maximum Gasteiger partial charge on any atom is 0.266 e. The second-order valence-corrected chi connectivity index (χ2v) is 20.3. The second kappa shape index (κ2) is 24.2. The molecule has 5 aliphatic rings. The van der Waals surface area contributed by atoms with Crippen molar-refractivity contribution in [2.75, 3.05) is 70.0 Å². The lowest BCUT2D eigenvalue weighted by Crippen LogP contribution is -2.60. The number of hydrogen-bond acceptors (Lipinski definition) is 13. The highest BCUT2D eigenvalue weighted by atomic mass is 35.5. The van der Waals surface area contributed by atoms with Crippen molar-refractivity contribution in [3.63, 3.8) is 0 Å². The fourth-order valence-electron chi connectivity index (χ4n) is 11.4. The standard InChI is InChI=1S/C55H58Cl2FN7O12/c56-33-14-17-37-39(30-33)62-53(73)55(37)45(36-9-4-10-38(57)46(36)58)47(64-54(55)20-2-1-3-21-54)50(70)61-34-15-12-32(13-16-34)48(68)60-23-7-25-75-27-29-76-28-26-74-24-6-22-59-43(67)31-77-41-11-5-8-35-44(41)52(72)65(51(35)71)40-18-19-42(66)63-49(40)69/h4-5,8-17,30,40,45,47,64H,1-3,6-7,18-29,31H2,(H,59,67)(H,60,68)(H,61,70)(H,62,73)(H,63,66,69)/t40?,45-,47+,55?/m0/s1. The van der Waals surface area contributed by atoms with Gasteiger partial charge in [-0.05, 0) is 97.8 Å². The summed E-state index contributed by atoms with van der Waals surface area (Å²) in [5.74, 6) is -5.81. The highest BCUT2D eigenvalue weighted by molar-refractivity contribution is 6.31. The fourth-order valence-corrected chi connectivity index (χ4v) is 11.7. The molecular formula is C55H58Cl2FN7O12. The largest absolute Gasteiger partial charge is 0.483 e. The highest BCUT2D eigenvalue weighted by Gasteiger charge is 2.72. The smallest absolute Gasteiger partial charge is 0.266 e. The predicted molar refractivity (Wildman–Crippen MR) is 279 cm³/mol. The first-order chi connectivity index (χ1) is 37.2. The van der Waals surface area contributed by atoms with Gasteiger partial charge in [-0.1, -0.05) is 66.7 Å². The summed E-state index contributed by atoms with van der Waals surface area (Å²) in [6.45, 7) is 2.31. The van der Waals surface area contributed by atoms with Crippen LogP contribution in [0.4, 0.5) is 15.8 Å². The minimum atomic E-state index is -1.37. The summed E-state index contributed by atoms with van der Waals surface area (Å²) in [5, 5.41) is 17.7.